The van der Waals surface area contributed by atoms with Crippen LogP contribution in [0.1, 0.15) is 40.2 Å². The van der Waals surface area contributed by atoms with E-state index in [1.54, 1.807) is 18.2 Å². The van der Waals surface area contributed by atoms with E-state index in [0.717, 1.165) is 6.07 Å². The summed E-state index contributed by atoms with van der Waals surface area (Å²) in [4.78, 5) is 14.8. The van der Waals surface area contributed by atoms with Gasteiger partial charge in [0.2, 0.25) is 0 Å². The molecule has 7 aromatic carbocycles. The summed E-state index contributed by atoms with van der Waals surface area (Å²) in [5.74, 6) is 0.236. The molecule has 14 heteroatoms. The van der Waals surface area contributed by atoms with Crippen molar-refractivity contribution in [3.63, 3.8) is 0 Å². The van der Waals surface area contributed by atoms with Gasteiger partial charge in [-0.25, -0.2) is 15.0 Å². The minimum Gasteiger partial charge on any atom is -0.308 e. The Morgan fingerprint density at radius 2 is 1.08 bits per heavy atom. The second-order valence-corrected chi connectivity index (χ2v) is 16.7. The SMILES string of the molecule is N#CC1=CC(c2ccc3c4ccc(-c5cc(C#N)cc(C#N)c5)cc4n(-c4cc(-c5ccc(C(F)(F)F)cc5C(F)(F)F)ccc4-c4nc(-c5ccccc5)nc(-c5ccccc5)n4)c3c2)CC(C#N)=C1. The molecule has 0 fully saturated rings. The zero-order valence-electron chi connectivity index (χ0n) is 36.7. The van der Waals surface area contributed by atoms with Crippen LogP contribution in [-0.4, -0.2) is 19.5 Å². The largest absolute Gasteiger partial charge is 0.417 e. The molecule has 0 aliphatic heterocycles. The Balaban J connectivity index is 1.33. The van der Waals surface area contributed by atoms with E-state index in [-0.39, 0.29) is 52.3 Å². The zero-order chi connectivity index (χ0) is 49.6. The molecule has 0 amide bonds. The van der Waals surface area contributed by atoms with Gasteiger partial charge in [-0.15, -0.1) is 0 Å². The number of rotatable bonds is 7. The topological polar surface area (TPSA) is 139 Å². The third kappa shape index (κ3) is 8.63. The number of nitriles is 4. The number of alkyl halides is 6. The minimum atomic E-state index is -5.21. The first-order valence-electron chi connectivity index (χ1n) is 21.8. The molecule has 0 radical (unpaired) electrons. The van der Waals surface area contributed by atoms with E-state index in [2.05, 4.69) is 24.3 Å². The first-order chi connectivity index (χ1) is 34.2. The molecule has 2 heterocycles. The molecule has 2 aromatic heterocycles. The van der Waals surface area contributed by atoms with E-state index >= 15 is 13.2 Å². The van der Waals surface area contributed by atoms with Crippen molar-refractivity contribution in [3.8, 4) is 86.4 Å². The summed E-state index contributed by atoms with van der Waals surface area (Å²) in [5.41, 5.74) is 2.23. The van der Waals surface area contributed by atoms with Gasteiger partial charge in [-0.05, 0) is 94.9 Å². The Labute approximate surface area is 401 Å². The van der Waals surface area contributed by atoms with Crippen LogP contribution in [0, 0.1) is 45.3 Å². The first-order valence-corrected chi connectivity index (χ1v) is 21.8. The molecular formula is C57H30F6N8. The average Bonchev–Trinajstić information content (AvgIpc) is 3.72. The van der Waals surface area contributed by atoms with Crippen molar-refractivity contribution in [3.05, 3.63) is 203 Å². The van der Waals surface area contributed by atoms with Crippen LogP contribution in [0.3, 0.4) is 0 Å². The zero-order valence-corrected chi connectivity index (χ0v) is 36.7. The van der Waals surface area contributed by atoms with Crippen LogP contribution in [0.15, 0.2) is 175 Å². The predicted octanol–water partition coefficient (Wildman–Crippen LogP) is 14.5. The Hall–Kier alpha value is -9.63. The smallest absolute Gasteiger partial charge is 0.308 e. The fourth-order valence-electron chi connectivity index (χ4n) is 9.01. The van der Waals surface area contributed by atoms with Crippen molar-refractivity contribution in [2.24, 2.45) is 0 Å². The van der Waals surface area contributed by atoms with Gasteiger partial charge in [0.05, 0.1) is 63.3 Å². The second kappa shape index (κ2) is 17.8. The van der Waals surface area contributed by atoms with E-state index in [9.17, 15) is 34.2 Å². The van der Waals surface area contributed by atoms with Crippen LogP contribution in [0.5, 0.6) is 0 Å². The number of halogens is 6. The molecule has 71 heavy (non-hydrogen) atoms. The summed E-state index contributed by atoms with van der Waals surface area (Å²) in [7, 11) is 0. The third-order valence-electron chi connectivity index (χ3n) is 12.3. The standard InChI is InChI=1S/C57H30F6N8/c58-56(59,60)44-14-18-45(49(28-44)57(61,62)63)41-13-17-48(55-69-53(37-7-3-1-4-8-37)68-54(70-55)38-9-5-2-6-10-38)52(27-41)71-50-25-39(42-21-33(29-64)19-34(22-42)30-65)11-15-46(50)47-16-12-40(26-51(47)71)43-23-35(31-66)20-36(24-43)32-67/h1-23,25-28,43H,24H2. The molecule has 0 saturated carbocycles. The lowest BCUT2D eigenvalue weighted by atomic mass is 9.85. The van der Waals surface area contributed by atoms with E-state index in [1.165, 1.54) is 30.3 Å². The second-order valence-electron chi connectivity index (χ2n) is 16.7. The minimum absolute atomic E-state index is 0.0780. The van der Waals surface area contributed by atoms with Crippen LogP contribution in [-0.2, 0) is 12.4 Å². The summed E-state index contributed by atoms with van der Waals surface area (Å²) in [6.45, 7) is 0. The molecule has 0 spiro atoms. The Kier molecular flexibility index (Phi) is 11.3. The van der Waals surface area contributed by atoms with Crippen molar-refractivity contribution >= 4 is 21.8 Å². The monoisotopic (exact) mass is 940 g/mol. The van der Waals surface area contributed by atoms with E-state index in [4.69, 9.17) is 15.0 Å². The molecule has 0 bridgehead atoms. The van der Waals surface area contributed by atoms with E-state index in [1.807, 2.05) is 102 Å². The molecule has 340 valence electrons. The first kappa shape index (κ1) is 45.2. The summed E-state index contributed by atoms with van der Waals surface area (Å²) in [5, 5.41) is 41.0. The fourth-order valence-corrected chi connectivity index (χ4v) is 9.01. The number of hydrogen-bond donors (Lipinski definition) is 0. The maximum Gasteiger partial charge on any atom is 0.417 e. The van der Waals surface area contributed by atoms with Crippen molar-refractivity contribution in [1.29, 1.82) is 21.0 Å². The van der Waals surface area contributed by atoms with E-state index < -0.39 is 35.0 Å². The molecule has 1 unspecified atom stereocenters. The molecule has 8 nitrogen and oxygen atoms in total. The highest BCUT2D eigenvalue weighted by Gasteiger charge is 2.39. The molecule has 0 N–H and O–H groups in total. The number of hydrogen-bond acceptors (Lipinski definition) is 7. The van der Waals surface area contributed by atoms with Crippen LogP contribution < -0.4 is 0 Å². The maximum absolute atomic E-state index is 15.0. The van der Waals surface area contributed by atoms with Gasteiger partial charge < -0.3 is 4.57 Å². The molecular weight excluding hydrogens is 911 g/mol. The van der Waals surface area contributed by atoms with Crippen molar-refractivity contribution in [2.45, 2.75) is 24.7 Å². The number of allylic oxidation sites excluding steroid dienone is 4. The average molecular weight is 941 g/mol. The molecule has 9 aromatic rings. The highest BCUT2D eigenvalue weighted by molar-refractivity contribution is 6.11. The van der Waals surface area contributed by atoms with Gasteiger partial charge in [0, 0.05) is 44.5 Å². The predicted molar refractivity (Wildman–Crippen MR) is 256 cm³/mol. The highest BCUT2D eigenvalue weighted by Crippen LogP contribution is 2.45. The van der Waals surface area contributed by atoms with Crippen LogP contribution >= 0.6 is 0 Å². The summed E-state index contributed by atoms with van der Waals surface area (Å²) >= 11 is 0. The van der Waals surface area contributed by atoms with Gasteiger partial charge in [0.15, 0.2) is 17.5 Å². The lowest BCUT2D eigenvalue weighted by Gasteiger charge is -2.20. The molecule has 0 saturated heterocycles. The lowest BCUT2D eigenvalue weighted by Crippen LogP contribution is -2.12. The molecule has 1 aliphatic carbocycles. The summed E-state index contributed by atoms with van der Waals surface area (Å²) in [6.07, 6.45) is -6.70. The molecule has 10 rings (SSSR count). The van der Waals surface area contributed by atoms with Gasteiger partial charge in [0.25, 0.3) is 0 Å². The highest BCUT2D eigenvalue weighted by atomic mass is 19.4. The van der Waals surface area contributed by atoms with Crippen LogP contribution in [0.2, 0.25) is 0 Å². The van der Waals surface area contributed by atoms with Gasteiger partial charge in [-0.1, -0.05) is 103 Å². The van der Waals surface area contributed by atoms with Gasteiger partial charge in [0.1, 0.15) is 0 Å². The number of aromatic nitrogens is 4. The van der Waals surface area contributed by atoms with Crippen molar-refractivity contribution in [1.82, 2.24) is 19.5 Å². The van der Waals surface area contributed by atoms with Gasteiger partial charge in [-0.3, -0.25) is 0 Å². The lowest BCUT2D eigenvalue weighted by molar-refractivity contribution is -0.142. The maximum atomic E-state index is 15.0. The molecule has 1 aliphatic rings. The molecule has 1 atom stereocenters. The number of fused-ring (bicyclic) bond motifs is 3. The van der Waals surface area contributed by atoms with E-state index in [0.29, 0.717) is 72.4 Å². The quantitative estimate of drug-likeness (QED) is 0.145. The van der Waals surface area contributed by atoms with Crippen molar-refractivity contribution in [2.75, 3.05) is 0 Å². The van der Waals surface area contributed by atoms with Crippen molar-refractivity contribution < 1.29 is 26.3 Å². The van der Waals surface area contributed by atoms with Gasteiger partial charge >= 0.3 is 12.4 Å². The van der Waals surface area contributed by atoms with Crippen LogP contribution in [0.4, 0.5) is 26.3 Å². The third-order valence-corrected chi connectivity index (χ3v) is 12.3. The summed E-state index contributed by atoms with van der Waals surface area (Å²) < 4.78 is 88.9. The number of benzene rings is 7. The fraction of sp³-hybridized carbons (Fsp3) is 0.0702. The Morgan fingerprint density at radius 1 is 0.493 bits per heavy atom. The normalized spacial score (nSPS) is 13.7. The Bertz CT molecular complexity index is 3790. The van der Waals surface area contributed by atoms with Crippen LogP contribution in [0.25, 0.3) is 83.9 Å². The van der Waals surface area contributed by atoms with Gasteiger partial charge in [-0.2, -0.15) is 47.4 Å². The Morgan fingerprint density at radius 3 is 1.68 bits per heavy atom. The summed E-state index contributed by atoms with van der Waals surface area (Å²) in [6, 6.07) is 48.5. The number of nitrogens with zero attached hydrogens (tertiary/aromatic N) is 8.